The third-order valence-electron chi connectivity index (χ3n) is 2.98. The van der Waals surface area contributed by atoms with Crippen LogP contribution in [0.5, 0.6) is 17.2 Å². The van der Waals surface area contributed by atoms with Crippen molar-refractivity contribution >= 4 is 0 Å². The maximum absolute atomic E-state index is 10.2. The number of aliphatic hydroxyl groups excluding tert-OH is 1. The topological polar surface area (TPSA) is 47.9 Å². The van der Waals surface area contributed by atoms with Crippen molar-refractivity contribution in [1.29, 1.82) is 0 Å². The van der Waals surface area contributed by atoms with Gasteiger partial charge in [-0.3, -0.25) is 0 Å². The van der Waals surface area contributed by atoms with Crippen molar-refractivity contribution in [3.05, 3.63) is 30.4 Å². The maximum Gasteiger partial charge on any atom is 0.203 e. The van der Waals surface area contributed by atoms with Crippen LogP contribution in [0.3, 0.4) is 0 Å². The Morgan fingerprint density at radius 1 is 1.16 bits per heavy atom. The van der Waals surface area contributed by atoms with Crippen LogP contribution in [0.25, 0.3) is 0 Å². The molecular weight excluding hydrogens is 244 g/mol. The highest BCUT2D eigenvalue weighted by atomic mass is 16.5. The number of aliphatic hydroxyl groups is 1. The number of allylic oxidation sites excluding steroid dienone is 1. The quantitative estimate of drug-likeness (QED) is 0.580. The number of ether oxygens (including phenoxy) is 3. The summed E-state index contributed by atoms with van der Waals surface area (Å²) in [5.74, 6) is 1.61. The van der Waals surface area contributed by atoms with Gasteiger partial charge in [-0.25, -0.2) is 0 Å². The lowest BCUT2D eigenvalue weighted by molar-refractivity contribution is 0.159. The van der Waals surface area contributed by atoms with Gasteiger partial charge < -0.3 is 19.3 Å². The van der Waals surface area contributed by atoms with Crippen molar-refractivity contribution in [2.75, 3.05) is 21.3 Å². The average Bonchev–Trinajstić information content (AvgIpc) is 2.45. The Hall–Kier alpha value is -1.68. The van der Waals surface area contributed by atoms with Crippen molar-refractivity contribution in [3.8, 4) is 17.2 Å². The number of methoxy groups -OCH3 is 3. The van der Waals surface area contributed by atoms with E-state index in [2.05, 4.69) is 6.58 Å². The number of hydrogen-bond donors (Lipinski definition) is 1. The van der Waals surface area contributed by atoms with E-state index in [4.69, 9.17) is 14.2 Å². The Kier molecular flexibility index (Phi) is 6.22. The number of hydrogen-bond acceptors (Lipinski definition) is 4. The summed E-state index contributed by atoms with van der Waals surface area (Å²) in [4.78, 5) is 0. The molecule has 0 bridgehead atoms. The lowest BCUT2D eigenvalue weighted by Gasteiger charge is -2.18. The van der Waals surface area contributed by atoms with Crippen LogP contribution < -0.4 is 14.2 Å². The van der Waals surface area contributed by atoms with Crippen LogP contribution in [-0.4, -0.2) is 26.4 Å². The molecule has 0 aliphatic rings. The molecular formula is C15H22O4. The largest absolute Gasteiger partial charge is 0.493 e. The summed E-state index contributed by atoms with van der Waals surface area (Å²) in [6.07, 6.45) is 3.67. The minimum Gasteiger partial charge on any atom is -0.493 e. The fourth-order valence-electron chi connectivity index (χ4n) is 2.00. The number of unbranched alkanes of at least 4 members (excludes halogenated alkanes) is 1. The van der Waals surface area contributed by atoms with Crippen LogP contribution in [0.4, 0.5) is 0 Å². The second-order valence-corrected chi connectivity index (χ2v) is 4.16. The van der Waals surface area contributed by atoms with E-state index in [1.54, 1.807) is 33.5 Å². The van der Waals surface area contributed by atoms with Crippen molar-refractivity contribution in [2.45, 2.75) is 25.4 Å². The first-order chi connectivity index (χ1) is 9.19. The normalized spacial score (nSPS) is 11.8. The van der Waals surface area contributed by atoms with Crippen LogP contribution in [0, 0.1) is 0 Å². The molecule has 1 aromatic rings. The molecule has 106 valence electrons. The Bertz CT molecular complexity index is 415. The van der Waals surface area contributed by atoms with Gasteiger partial charge in [-0.1, -0.05) is 6.08 Å². The zero-order valence-corrected chi connectivity index (χ0v) is 11.8. The van der Waals surface area contributed by atoms with Crippen molar-refractivity contribution in [1.82, 2.24) is 0 Å². The molecule has 0 radical (unpaired) electrons. The summed E-state index contributed by atoms with van der Waals surface area (Å²) in [6, 6.07) is 3.58. The van der Waals surface area contributed by atoms with E-state index in [0.717, 1.165) is 12.8 Å². The zero-order chi connectivity index (χ0) is 14.3. The summed E-state index contributed by atoms with van der Waals surface area (Å²) >= 11 is 0. The highest BCUT2D eigenvalue weighted by Crippen LogP contribution is 2.42. The molecule has 1 atom stereocenters. The summed E-state index contributed by atoms with van der Waals surface area (Å²) in [5.41, 5.74) is 0.712. The van der Waals surface area contributed by atoms with Crippen LogP contribution in [0.2, 0.25) is 0 Å². The van der Waals surface area contributed by atoms with E-state index in [-0.39, 0.29) is 0 Å². The van der Waals surface area contributed by atoms with Crippen LogP contribution in [0.15, 0.2) is 24.8 Å². The Balaban J connectivity index is 3.02. The fraction of sp³-hybridized carbons (Fsp3) is 0.467. The molecule has 0 heterocycles. The van der Waals surface area contributed by atoms with Gasteiger partial charge in [0.2, 0.25) is 5.75 Å². The van der Waals surface area contributed by atoms with Gasteiger partial charge in [-0.15, -0.1) is 6.58 Å². The first-order valence-electron chi connectivity index (χ1n) is 6.27. The molecule has 1 unspecified atom stereocenters. The minimum absolute atomic E-state index is 0.505. The number of rotatable bonds is 8. The minimum atomic E-state index is -0.588. The highest BCUT2D eigenvalue weighted by Gasteiger charge is 2.20. The summed E-state index contributed by atoms with van der Waals surface area (Å²) in [7, 11) is 4.67. The Morgan fingerprint density at radius 3 is 2.37 bits per heavy atom. The lowest BCUT2D eigenvalue weighted by atomic mass is 10.0. The molecule has 0 amide bonds. The van der Waals surface area contributed by atoms with Crippen LogP contribution >= 0.6 is 0 Å². The van der Waals surface area contributed by atoms with E-state index in [1.807, 2.05) is 6.08 Å². The van der Waals surface area contributed by atoms with E-state index in [9.17, 15) is 5.11 Å². The van der Waals surface area contributed by atoms with Crippen molar-refractivity contribution < 1.29 is 19.3 Å². The molecule has 4 nitrogen and oxygen atoms in total. The molecule has 1 N–H and O–H groups in total. The van der Waals surface area contributed by atoms with Gasteiger partial charge in [0, 0.05) is 5.56 Å². The monoisotopic (exact) mass is 266 g/mol. The first-order valence-corrected chi connectivity index (χ1v) is 6.27. The second kappa shape index (κ2) is 7.69. The van der Waals surface area contributed by atoms with Crippen LogP contribution in [-0.2, 0) is 0 Å². The molecule has 4 heteroatoms. The Morgan fingerprint density at radius 2 is 1.84 bits per heavy atom. The summed E-state index contributed by atoms with van der Waals surface area (Å²) < 4.78 is 15.9. The molecule has 0 spiro atoms. The van der Waals surface area contributed by atoms with E-state index in [1.165, 1.54) is 0 Å². The molecule has 1 rings (SSSR count). The van der Waals surface area contributed by atoms with Gasteiger partial charge in [-0.2, -0.15) is 0 Å². The van der Waals surface area contributed by atoms with Gasteiger partial charge in [-0.05, 0) is 31.4 Å². The maximum atomic E-state index is 10.2. The summed E-state index contributed by atoms with van der Waals surface area (Å²) in [5, 5.41) is 10.2. The molecule has 1 aromatic carbocycles. The van der Waals surface area contributed by atoms with Crippen molar-refractivity contribution in [2.24, 2.45) is 0 Å². The van der Waals surface area contributed by atoms with Gasteiger partial charge in [0.25, 0.3) is 0 Å². The first kappa shape index (κ1) is 15.4. The van der Waals surface area contributed by atoms with Gasteiger partial charge >= 0.3 is 0 Å². The average molecular weight is 266 g/mol. The number of benzene rings is 1. The van der Waals surface area contributed by atoms with E-state index >= 15 is 0 Å². The van der Waals surface area contributed by atoms with Gasteiger partial charge in [0.15, 0.2) is 11.5 Å². The smallest absolute Gasteiger partial charge is 0.203 e. The third kappa shape index (κ3) is 3.64. The predicted octanol–water partition coefficient (Wildman–Crippen LogP) is 3.10. The van der Waals surface area contributed by atoms with Gasteiger partial charge in [0.05, 0.1) is 27.4 Å². The molecule has 0 saturated heterocycles. The fourth-order valence-corrected chi connectivity index (χ4v) is 2.00. The third-order valence-corrected chi connectivity index (χ3v) is 2.98. The SMILES string of the molecule is C=CCCCC(O)c1ccc(OC)c(OC)c1OC. The highest BCUT2D eigenvalue weighted by molar-refractivity contribution is 5.56. The lowest BCUT2D eigenvalue weighted by Crippen LogP contribution is -2.03. The van der Waals surface area contributed by atoms with E-state index in [0.29, 0.717) is 29.2 Å². The second-order valence-electron chi connectivity index (χ2n) is 4.16. The zero-order valence-electron chi connectivity index (χ0n) is 11.8. The Labute approximate surface area is 114 Å². The molecule has 0 aromatic heterocycles. The van der Waals surface area contributed by atoms with Crippen LogP contribution in [0.1, 0.15) is 30.9 Å². The van der Waals surface area contributed by atoms with E-state index < -0.39 is 6.10 Å². The molecule has 0 aliphatic carbocycles. The molecule has 0 aliphatic heterocycles. The summed E-state index contributed by atoms with van der Waals surface area (Å²) in [6.45, 7) is 3.67. The molecule has 19 heavy (non-hydrogen) atoms. The van der Waals surface area contributed by atoms with Gasteiger partial charge in [0.1, 0.15) is 0 Å². The standard InChI is InChI=1S/C15H22O4/c1-5-6-7-8-12(16)11-9-10-13(17-2)15(19-4)14(11)18-3/h5,9-10,12,16H,1,6-8H2,2-4H3. The van der Waals surface area contributed by atoms with Crippen molar-refractivity contribution in [3.63, 3.8) is 0 Å². The molecule has 0 fully saturated rings. The molecule has 0 saturated carbocycles. The predicted molar refractivity (Wildman–Crippen MR) is 75.1 cm³/mol.